The van der Waals surface area contributed by atoms with Gasteiger partial charge in [-0.2, -0.15) is 0 Å². The maximum Gasteiger partial charge on any atom is 0.208 e. The van der Waals surface area contributed by atoms with Crippen LogP contribution in [0.4, 0.5) is 0 Å². The first kappa shape index (κ1) is 10.7. The molecular formula is C10H18OSi2. The topological polar surface area (TPSA) is 9.23 Å². The first-order chi connectivity index (χ1) is 6.23. The predicted molar refractivity (Wildman–Crippen MR) is 63.8 cm³/mol. The number of benzene rings is 1. The Bertz CT molecular complexity index is 250. The van der Waals surface area contributed by atoms with Crippen molar-refractivity contribution < 1.29 is 4.12 Å². The van der Waals surface area contributed by atoms with Crippen LogP contribution in [-0.2, 0) is 4.12 Å². The summed E-state index contributed by atoms with van der Waals surface area (Å²) in [6.45, 7) is 4.55. The minimum absolute atomic E-state index is 0.858. The van der Waals surface area contributed by atoms with Crippen LogP contribution in [0.25, 0.3) is 0 Å². The molecular weight excluding hydrogens is 192 g/mol. The van der Waals surface area contributed by atoms with Crippen molar-refractivity contribution in [1.29, 1.82) is 0 Å². The van der Waals surface area contributed by atoms with Crippen LogP contribution >= 0.6 is 0 Å². The van der Waals surface area contributed by atoms with E-state index in [1.807, 2.05) is 0 Å². The van der Waals surface area contributed by atoms with Gasteiger partial charge in [-0.1, -0.05) is 43.7 Å². The summed E-state index contributed by atoms with van der Waals surface area (Å²) in [4.78, 5) is 0. The first-order valence-electron chi connectivity index (χ1n) is 4.83. The van der Waals surface area contributed by atoms with Crippen molar-refractivity contribution in [3.8, 4) is 0 Å². The lowest BCUT2D eigenvalue weighted by atomic mass is 10.4. The molecule has 1 unspecified atom stereocenters. The summed E-state index contributed by atoms with van der Waals surface area (Å²) in [7, 11) is -0.680. The van der Waals surface area contributed by atoms with Gasteiger partial charge in [-0.05, 0) is 17.8 Å². The molecule has 13 heavy (non-hydrogen) atoms. The average Bonchev–Trinajstić information content (AvgIpc) is 2.19. The van der Waals surface area contributed by atoms with Crippen LogP contribution in [0.1, 0.15) is 13.3 Å². The number of rotatable bonds is 4. The van der Waals surface area contributed by atoms with Crippen molar-refractivity contribution in [1.82, 2.24) is 0 Å². The van der Waals surface area contributed by atoms with Gasteiger partial charge in [0.1, 0.15) is 10.5 Å². The summed E-state index contributed by atoms with van der Waals surface area (Å²) < 4.78 is 5.84. The van der Waals surface area contributed by atoms with Crippen molar-refractivity contribution in [2.45, 2.75) is 25.9 Å². The monoisotopic (exact) mass is 210 g/mol. The minimum atomic E-state index is -1.54. The predicted octanol–water partition coefficient (Wildman–Crippen LogP) is 1.18. The molecule has 3 heteroatoms. The van der Waals surface area contributed by atoms with Gasteiger partial charge in [0.05, 0.1) is 0 Å². The molecule has 0 radical (unpaired) electrons. The van der Waals surface area contributed by atoms with E-state index in [1.54, 1.807) is 0 Å². The second-order valence-electron chi connectivity index (χ2n) is 3.55. The Balaban J connectivity index is 2.89. The normalized spacial score (nSPS) is 15.5. The number of hydrogen-bond acceptors (Lipinski definition) is 1. The molecule has 1 rings (SSSR count). The van der Waals surface area contributed by atoms with E-state index in [-0.39, 0.29) is 0 Å². The van der Waals surface area contributed by atoms with Crippen LogP contribution in [0, 0.1) is 0 Å². The molecule has 1 aromatic carbocycles. The third-order valence-corrected chi connectivity index (χ3v) is 9.17. The van der Waals surface area contributed by atoms with Gasteiger partial charge < -0.3 is 4.12 Å². The molecule has 0 aliphatic carbocycles. The van der Waals surface area contributed by atoms with Crippen LogP contribution in [0.3, 0.4) is 0 Å². The van der Waals surface area contributed by atoms with E-state index in [1.165, 1.54) is 17.7 Å². The molecule has 0 aliphatic heterocycles. The van der Waals surface area contributed by atoms with Gasteiger partial charge in [0.25, 0.3) is 0 Å². The van der Waals surface area contributed by atoms with Gasteiger partial charge >= 0.3 is 0 Å². The molecule has 0 heterocycles. The minimum Gasteiger partial charge on any atom is -0.460 e. The van der Waals surface area contributed by atoms with Gasteiger partial charge in [-0.3, -0.25) is 0 Å². The Morgan fingerprint density at radius 2 is 1.92 bits per heavy atom. The molecule has 0 spiro atoms. The van der Waals surface area contributed by atoms with Crippen LogP contribution in [0.2, 0.25) is 12.6 Å². The highest BCUT2D eigenvalue weighted by Gasteiger charge is 2.27. The molecule has 0 bridgehead atoms. The van der Waals surface area contributed by atoms with Crippen LogP contribution in [-0.4, -0.2) is 18.8 Å². The van der Waals surface area contributed by atoms with Gasteiger partial charge in [-0.15, -0.1) is 0 Å². The zero-order chi connectivity index (χ0) is 9.73. The highest BCUT2D eigenvalue weighted by Crippen LogP contribution is 2.12. The maximum atomic E-state index is 5.84. The Morgan fingerprint density at radius 1 is 1.31 bits per heavy atom. The Labute approximate surface area is 84.8 Å². The molecule has 1 nitrogen and oxygen atoms in total. The van der Waals surface area contributed by atoms with Crippen LogP contribution < -0.4 is 5.19 Å². The fourth-order valence-corrected chi connectivity index (χ4v) is 5.53. The lowest BCUT2D eigenvalue weighted by Crippen LogP contribution is -2.47. The van der Waals surface area contributed by atoms with Crippen molar-refractivity contribution in [3.63, 3.8) is 0 Å². The molecule has 0 N–H and O–H groups in total. The van der Waals surface area contributed by atoms with E-state index < -0.39 is 8.32 Å². The van der Waals surface area contributed by atoms with Crippen molar-refractivity contribution in [3.05, 3.63) is 30.3 Å². The molecule has 72 valence electrons. The van der Waals surface area contributed by atoms with Gasteiger partial charge in [0.15, 0.2) is 0 Å². The average molecular weight is 210 g/mol. The van der Waals surface area contributed by atoms with E-state index in [9.17, 15) is 0 Å². The van der Waals surface area contributed by atoms with Crippen molar-refractivity contribution in [2.75, 3.05) is 0 Å². The second kappa shape index (κ2) is 4.74. The van der Waals surface area contributed by atoms with E-state index >= 15 is 0 Å². The second-order valence-corrected chi connectivity index (χ2v) is 8.72. The molecule has 1 aromatic rings. The summed E-state index contributed by atoms with van der Waals surface area (Å²) in [6, 6.07) is 11.9. The van der Waals surface area contributed by atoms with E-state index in [0.717, 1.165) is 10.5 Å². The standard InChI is InChI=1S/C10H18OSi2/c1-3-9-13(2,11-12)10-7-5-4-6-8-10/h4-8H,3,9H2,1-2,12H3. The molecule has 0 fully saturated rings. The molecule has 1 atom stereocenters. The van der Waals surface area contributed by atoms with Crippen molar-refractivity contribution in [2.24, 2.45) is 0 Å². The summed E-state index contributed by atoms with van der Waals surface area (Å²) in [5.41, 5.74) is 0. The van der Waals surface area contributed by atoms with E-state index in [0.29, 0.717) is 0 Å². The molecule has 0 aliphatic rings. The van der Waals surface area contributed by atoms with Crippen LogP contribution in [0.15, 0.2) is 30.3 Å². The quantitative estimate of drug-likeness (QED) is 0.678. The van der Waals surface area contributed by atoms with Crippen molar-refractivity contribution >= 4 is 24.0 Å². The zero-order valence-electron chi connectivity index (χ0n) is 8.71. The van der Waals surface area contributed by atoms with E-state index in [4.69, 9.17) is 4.12 Å². The molecule has 0 saturated heterocycles. The Kier molecular flexibility index (Phi) is 3.90. The summed E-state index contributed by atoms with van der Waals surface area (Å²) in [5.74, 6) is 0. The highest BCUT2D eigenvalue weighted by molar-refractivity contribution is 6.87. The summed E-state index contributed by atoms with van der Waals surface area (Å²) in [6.07, 6.45) is 1.22. The zero-order valence-corrected chi connectivity index (χ0v) is 11.7. The molecule has 0 amide bonds. The third kappa shape index (κ3) is 2.53. The van der Waals surface area contributed by atoms with E-state index in [2.05, 4.69) is 43.8 Å². The summed E-state index contributed by atoms with van der Waals surface area (Å²) in [5, 5.41) is 1.44. The maximum absolute atomic E-state index is 5.84. The highest BCUT2D eigenvalue weighted by atomic mass is 28.4. The lowest BCUT2D eigenvalue weighted by Gasteiger charge is -2.25. The fraction of sp³-hybridized carbons (Fsp3) is 0.400. The van der Waals surface area contributed by atoms with Gasteiger partial charge in [-0.25, -0.2) is 0 Å². The third-order valence-electron chi connectivity index (χ3n) is 2.56. The Morgan fingerprint density at radius 3 is 2.38 bits per heavy atom. The SMILES string of the molecule is CCC[Si](C)(O[SiH3])c1ccccc1. The summed E-state index contributed by atoms with van der Waals surface area (Å²) >= 11 is 0. The smallest absolute Gasteiger partial charge is 0.208 e. The molecule has 0 saturated carbocycles. The fourth-order valence-electron chi connectivity index (χ4n) is 1.63. The van der Waals surface area contributed by atoms with Gasteiger partial charge in [0, 0.05) is 0 Å². The van der Waals surface area contributed by atoms with Crippen LogP contribution in [0.5, 0.6) is 0 Å². The molecule has 0 aromatic heterocycles. The largest absolute Gasteiger partial charge is 0.460 e. The number of hydrogen-bond donors (Lipinski definition) is 0. The lowest BCUT2D eigenvalue weighted by molar-refractivity contribution is 0.611. The Hall–Kier alpha value is -0.386. The first-order valence-corrected chi connectivity index (χ1v) is 8.27. The van der Waals surface area contributed by atoms with Gasteiger partial charge in [0.2, 0.25) is 8.32 Å².